The normalized spacial score (nSPS) is 11.2. The molecule has 29 heavy (non-hydrogen) atoms. The first-order valence-corrected chi connectivity index (χ1v) is 10.1. The molecule has 1 N–H and O–H groups in total. The van der Waals surface area contributed by atoms with Crippen LogP contribution in [0.3, 0.4) is 0 Å². The smallest absolute Gasteiger partial charge is 0.245 e. The van der Waals surface area contributed by atoms with E-state index in [2.05, 4.69) is 10.3 Å². The molecule has 2 aromatic heterocycles. The third-order valence-corrected chi connectivity index (χ3v) is 5.87. The number of carbonyl (C=O) groups is 1. The van der Waals surface area contributed by atoms with Crippen LogP contribution in [-0.2, 0) is 21.4 Å². The molecule has 1 amide bonds. The summed E-state index contributed by atoms with van der Waals surface area (Å²) < 4.78 is 32.3. The highest BCUT2D eigenvalue weighted by Gasteiger charge is 2.28. The molecule has 0 saturated carbocycles. The van der Waals surface area contributed by atoms with E-state index in [0.29, 0.717) is 17.0 Å². The van der Waals surface area contributed by atoms with Crippen LogP contribution in [0.4, 0.5) is 5.69 Å². The Bertz CT molecular complexity index is 1120. The molecule has 0 unspecified atom stereocenters. The molecular weight excluding hydrogens is 416 g/mol. The fourth-order valence-corrected chi connectivity index (χ4v) is 3.88. The van der Waals surface area contributed by atoms with Gasteiger partial charge in [-0.05, 0) is 48.5 Å². The Hall–Kier alpha value is -3.19. The number of hydrogen-bond acceptors (Lipinski definition) is 6. The molecule has 0 radical (unpaired) electrons. The van der Waals surface area contributed by atoms with E-state index in [9.17, 15) is 13.2 Å². The van der Waals surface area contributed by atoms with Crippen LogP contribution in [0.25, 0.3) is 0 Å². The minimum Gasteiger partial charge on any atom is -0.468 e. The Morgan fingerprint density at radius 2 is 1.97 bits per heavy atom. The number of hydrogen-bond donors (Lipinski definition) is 1. The molecule has 1 aromatic carbocycles. The monoisotopic (exact) mass is 430 g/mol. The van der Waals surface area contributed by atoms with Gasteiger partial charge in [-0.15, -0.1) is 0 Å². The average Bonchev–Trinajstić information content (AvgIpc) is 3.21. The van der Waals surface area contributed by atoms with Gasteiger partial charge in [0, 0.05) is 11.9 Å². The molecule has 0 bridgehead atoms. The van der Waals surface area contributed by atoms with E-state index in [4.69, 9.17) is 21.3 Å². The van der Waals surface area contributed by atoms with Crippen LogP contribution in [0, 0.1) is 11.3 Å². The van der Waals surface area contributed by atoms with Crippen LogP contribution in [-0.4, -0.2) is 30.2 Å². The van der Waals surface area contributed by atoms with E-state index in [1.807, 2.05) is 6.07 Å². The number of amides is 1. The van der Waals surface area contributed by atoms with Gasteiger partial charge in [0.05, 0.1) is 31.0 Å². The molecule has 0 spiro atoms. The summed E-state index contributed by atoms with van der Waals surface area (Å²) in [6.07, 6.45) is 2.55. The molecule has 148 valence electrons. The topological polar surface area (TPSA) is 116 Å². The molecule has 0 saturated heterocycles. The van der Waals surface area contributed by atoms with Gasteiger partial charge in [0.15, 0.2) is 0 Å². The first-order valence-electron chi connectivity index (χ1n) is 8.32. The van der Waals surface area contributed by atoms with Gasteiger partial charge >= 0.3 is 0 Å². The maximum atomic E-state index is 13.0. The second kappa shape index (κ2) is 8.87. The van der Waals surface area contributed by atoms with E-state index >= 15 is 0 Å². The van der Waals surface area contributed by atoms with Gasteiger partial charge in [-0.2, -0.15) is 9.57 Å². The largest absolute Gasteiger partial charge is 0.468 e. The first-order chi connectivity index (χ1) is 13.9. The van der Waals surface area contributed by atoms with Crippen molar-refractivity contribution in [2.45, 2.75) is 11.4 Å². The number of anilines is 1. The van der Waals surface area contributed by atoms with Gasteiger partial charge < -0.3 is 9.73 Å². The summed E-state index contributed by atoms with van der Waals surface area (Å²) in [5.74, 6) is -0.173. The van der Waals surface area contributed by atoms with E-state index in [1.54, 1.807) is 36.4 Å². The van der Waals surface area contributed by atoms with Gasteiger partial charge in [-0.25, -0.2) is 13.4 Å². The van der Waals surface area contributed by atoms with Crippen molar-refractivity contribution >= 4 is 33.2 Å². The van der Waals surface area contributed by atoms with E-state index < -0.39 is 22.5 Å². The van der Waals surface area contributed by atoms with Crippen LogP contribution < -0.4 is 5.32 Å². The maximum absolute atomic E-state index is 13.0. The molecule has 10 heteroatoms. The van der Waals surface area contributed by atoms with Crippen LogP contribution >= 0.6 is 11.6 Å². The number of carbonyl (C=O) groups excluding carboxylic acids is 1. The van der Waals surface area contributed by atoms with Crippen molar-refractivity contribution in [3.05, 3.63) is 77.5 Å². The van der Waals surface area contributed by atoms with E-state index in [0.717, 1.165) is 10.5 Å². The highest BCUT2D eigenvalue weighted by atomic mass is 35.5. The standard InChI is InChI=1S/C19H15ClN4O4S/c20-18-8-7-17(11-22-18)29(26,27)24(12-16-2-1-9-28-16)13-19(25)23-15-5-3-14(10-21)4-6-15/h1-9,11H,12-13H2,(H,23,25). The zero-order valence-corrected chi connectivity index (χ0v) is 16.5. The van der Waals surface area contributed by atoms with Crippen molar-refractivity contribution in [3.63, 3.8) is 0 Å². The fraction of sp³-hybridized carbons (Fsp3) is 0.105. The number of benzene rings is 1. The lowest BCUT2D eigenvalue weighted by atomic mass is 10.2. The van der Waals surface area contributed by atoms with Crippen molar-refractivity contribution in [3.8, 4) is 6.07 Å². The molecule has 0 aliphatic heterocycles. The van der Waals surface area contributed by atoms with Gasteiger partial charge in [-0.3, -0.25) is 4.79 Å². The summed E-state index contributed by atoms with van der Waals surface area (Å²) in [5.41, 5.74) is 0.887. The summed E-state index contributed by atoms with van der Waals surface area (Å²) in [7, 11) is -4.04. The summed E-state index contributed by atoms with van der Waals surface area (Å²) in [4.78, 5) is 16.2. The zero-order chi connectivity index (χ0) is 20.9. The average molecular weight is 431 g/mol. The maximum Gasteiger partial charge on any atom is 0.245 e. The molecule has 3 aromatic rings. The second-order valence-corrected chi connectivity index (χ2v) is 8.23. The quantitative estimate of drug-likeness (QED) is 0.576. The molecule has 8 nitrogen and oxygen atoms in total. The Balaban J connectivity index is 1.82. The number of nitriles is 1. The number of furan rings is 1. The van der Waals surface area contributed by atoms with Crippen molar-refractivity contribution in [1.29, 1.82) is 5.26 Å². The number of rotatable bonds is 7. The number of pyridine rings is 1. The van der Waals surface area contributed by atoms with Crippen LogP contribution in [0.15, 0.2) is 70.3 Å². The molecule has 0 fully saturated rings. The first kappa shape index (κ1) is 20.5. The highest BCUT2D eigenvalue weighted by Crippen LogP contribution is 2.19. The number of nitrogens with zero attached hydrogens (tertiary/aromatic N) is 3. The zero-order valence-electron chi connectivity index (χ0n) is 14.9. The van der Waals surface area contributed by atoms with Crippen LogP contribution in [0.1, 0.15) is 11.3 Å². The van der Waals surface area contributed by atoms with Gasteiger partial charge in [0.2, 0.25) is 15.9 Å². The van der Waals surface area contributed by atoms with E-state index in [-0.39, 0.29) is 16.6 Å². The lowest BCUT2D eigenvalue weighted by molar-refractivity contribution is -0.116. The summed E-state index contributed by atoms with van der Waals surface area (Å²) in [6, 6.07) is 14.1. The summed E-state index contributed by atoms with van der Waals surface area (Å²) in [5, 5.41) is 11.6. The highest BCUT2D eigenvalue weighted by molar-refractivity contribution is 7.89. The number of halogens is 1. The summed E-state index contributed by atoms with van der Waals surface area (Å²) >= 11 is 5.73. The SMILES string of the molecule is N#Cc1ccc(NC(=O)CN(Cc2ccco2)S(=O)(=O)c2ccc(Cl)nc2)cc1. The second-order valence-electron chi connectivity index (χ2n) is 5.91. The van der Waals surface area contributed by atoms with Crippen molar-refractivity contribution < 1.29 is 17.6 Å². The lowest BCUT2D eigenvalue weighted by Crippen LogP contribution is -2.37. The predicted molar refractivity (Wildman–Crippen MR) is 105 cm³/mol. The van der Waals surface area contributed by atoms with Gasteiger partial charge in [-0.1, -0.05) is 11.6 Å². The number of sulfonamides is 1. The molecule has 2 heterocycles. The van der Waals surface area contributed by atoms with Crippen molar-refractivity contribution in [2.75, 3.05) is 11.9 Å². The number of nitrogens with one attached hydrogen (secondary N) is 1. The Labute approximate surface area is 172 Å². The van der Waals surface area contributed by atoms with Gasteiger partial charge in [0.1, 0.15) is 15.8 Å². The fourth-order valence-electron chi connectivity index (χ4n) is 2.45. The van der Waals surface area contributed by atoms with Crippen LogP contribution in [0.2, 0.25) is 5.15 Å². The minimum absolute atomic E-state index is 0.0976. The van der Waals surface area contributed by atoms with Gasteiger partial charge in [0.25, 0.3) is 0 Å². The molecular formula is C19H15ClN4O4S. The molecule has 0 atom stereocenters. The van der Waals surface area contributed by atoms with Crippen molar-refractivity contribution in [2.24, 2.45) is 0 Å². The lowest BCUT2D eigenvalue weighted by Gasteiger charge is -2.20. The number of aromatic nitrogens is 1. The Morgan fingerprint density at radius 1 is 1.21 bits per heavy atom. The third-order valence-electron chi connectivity index (χ3n) is 3.87. The Morgan fingerprint density at radius 3 is 2.55 bits per heavy atom. The molecule has 3 rings (SSSR count). The molecule has 0 aliphatic carbocycles. The summed E-state index contributed by atoms with van der Waals surface area (Å²) in [6.45, 7) is -0.593. The molecule has 0 aliphatic rings. The van der Waals surface area contributed by atoms with Crippen LogP contribution in [0.5, 0.6) is 0 Å². The third kappa shape index (κ3) is 5.20. The minimum atomic E-state index is -4.04. The predicted octanol–water partition coefficient (Wildman–Crippen LogP) is 3.03. The van der Waals surface area contributed by atoms with E-state index in [1.165, 1.54) is 18.4 Å². The van der Waals surface area contributed by atoms with Crippen molar-refractivity contribution in [1.82, 2.24) is 9.29 Å². The Kier molecular flexibility index (Phi) is 6.29.